The third-order valence-electron chi connectivity index (χ3n) is 4.47. The minimum atomic E-state index is 0.141. The van der Waals surface area contributed by atoms with Crippen LogP contribution in [-0.4, -0.2) is 31.7 Å². The highest BCUT2D eigenvalue weighted by Crippen LogP contribution is 2.33. The van der Waals surface area contributed by atoms with Crippen molar-refractivity contribution in [3.05, 3.63) is 29.8 Å². The Morgan fingerprint density at radius 2 is 2.25 bits per heavy atom. The van der Waals surface area contributed by atoms with E-state index in [4.69, 9.17) is 4.74 Å². The zero-order valence-electron chi connectivity index (χ0n) is 11.9. The van der Waals surface area contributed by atoms with E-state index in [-0.39, 0.29) is 24.0 Å². The van der Waals surface area contributed by atoms with Crippen molar-refractivity contribution in [2.24, 2.45) is 0 Å². The second kappa shape index (κ2) is 5.83. The van der Waals surface area contributed by atoms with E-state index in [0.717, 1.165) is 25.8 Å². The quantitative estimate of drug-likeness (QED) is 0.885. The lowest BCUT2D eigenvalue weighted by molar-refractivity contribution is -0.122. The van der Waals surface area contributed by atoms with Crippen molar-refractivity contribution in [2.75, 3.05) is 19.0 Å². The molecule has 1 heterocycles. The van der Waals surface area contributed by atoms with Crippen molar-refractivity contribution in [1.82, 2.24) is 5.32 Å². The summed E-state index contributed by atoms with van der Waals surface area (Å²) in [6.07, 6.45) is 3.96. The SMILES string of the molecule is COC1CCCC1NC(=O)CC1CNc2ccccc21. The molecule has 1 fully saturated rings. The van der Waals surface area contributed by atoms with Gasteiger partial charge in [-0.1, -0.05) is 18.2 Å². The molecule has 108 valence electrons. The lowest BCUT2D eigenvalue weighted by Gasteiger charge is -2.20. The van der Waals surface area contributed by atoms with Gasteiger partial charge in [-0.3, -0.25) is 4.79 Å². The summed E-state index contributed by atoms with van der Waals surface area (Å²) in [5, 5.41) is 6.51. The number of hydrogen-bond acceptors (Lipinski definition) is 3. The Balaban J connectivity index is 1.58. The first-order valence-electron chi connectivity index (χ1n) is 7.43. The number of anilines is 1. The smallest absolute Gasteiger partial charge is 0.220 e. The normalized spacial score (nSPS) is 27.9. The van der Waals surface area contributed by atoms with Gasteiger partial charge in [-0.05, 0) is 30.9 Å². The summed E-state index contributed by atoms with van der Waals surface area (Å²) in [4.78, 5) is 12.2. The number of benzene rings is 1. The standard InChI is InChI=1S/C16H22N2O2/c1-20-15-8-4-7-14(15)18-16(19)9-11-10-17-13-6-3-2-5-12(11)13/h2-3,5-6,11,14-15,17H,4,7-10H2,1H3,(H,18,19). The highest BCUT2D eigenvalue weighted by molar-refractivity contribution is 5.78. The Bertz CT molecular complexity index is 489. The number of carbonyl (C=O) groups excluding carboxylic acids is 1. The summed E-state index contributed by atoms with van der Waals surface area (Å²) >= 11 is 0. The number of amides is 1. The Labute approximate surface area is 119 Å². The maximum absolute atomic E-state index is 12.2. The average Bonchev–Trinajstić information content (AvgIpc) is 3.06. The van der Waals surface area contributed by atoms with Crippen molar-refractivity contribution in [3.63, 3.8) is 0 Å². The van der Waals surface area contributed by atoms with E-state index in [0.29, 0.717) is 6.42 Å². The van der Waals surface area contributed by atoms with Gasteiger partial charge in [0.2, 0.25) is 5.91 Å². The molecule has 1 aromatic carbocycles. The Morgan fingerprint density at radius 1 is 1.40 bits per heavy atom. The van der Waals surface area contributed by atoms with Gasteiger partial charge >= 0.3 is 0 Å². The second-order valence-electron chi connectivity index (χ2n) is 5.75. The first kappa shape index (κ1) is 13.4. The van der Waals surface area contributed by atoms with E-state index >= 15 is 0 Å². The van der Waals surface area contributed by atoms with Crippen LogP contribution in [0, 0.1) is 0 Å². The van der Waals surface area contributed by atoms with Crippen LogP contribution < -0.4 is 10.6 Å². The van der Waals surface area contributed by atoms with Crippen LogP contribution in [0.1, 0.15) is 37.2 Å². The monoisotopic (exact) mass is 274 g/mol. The molecule has 1 aromatic rings. The Hall–Kier alpha value is -1.55. The van der Waals surface area contributed by atoms with Crippen molar-refractivity contribution in [2.45, 2.75) is 43.7 Å². The van der Waals surface area contributed by atoms with Crippen LogP contribution in [0.15, 0.2) is 24.3 Å². The molecule has 3 rings (SSSR count). The molecule has 0 spiro atoms. The molecule has 0 bridgehead atoms. The lowest BCUT2D eigenvalue weighted by Crippen LogP contribution is -2.41. The third kappa shape index (κ3) is 2.66. The molecule has 1 amide bonds. The number of para-hydroxylation sites is 1. The van der Waals surface area contributed by atoms with E-state index in [1.165, 1.54) is 11.3 Å². The van der Waals surface area contributed by atoms with Gasteiger partial charge in [-0.15, -0.1) is 0 Å². The topological polar surface area (TPSA) is 50.4 Å². The van der Waals surface area contributed by atoms with Crippen LogP contribution in [-0.2, 0) is 9.53 Å². The van der Waals surface area contributed by atoms with Crippen molar-refractivity contribution in [1.29, 1.82) is 0 Å². The molecule has 1 aliphatic carbocycles. The minimum absolute atomic E-state index is 0.141. The minimum Gasteiger partial charge on any atom is -0.384 e. The summed E-state index contributed by atoms with van der Waals surface area (Å²) in [6.45, 7) is 0.852. The molecule has 2 N–H and O–H groups in total. The van der Waals surface area contributed by atoms with E-state index < -0.39 is 0 Å². The van der Waals surface area contributed by atoms with E-state index in [2.05, 4.69) is 22.8 Å². The van der Waals surface area contributed by atoms with Crippen LogP contribution in [0.25, 0.3) is 0 Å². The van der Waals surface area contributed by atoms with Crippen LogP contribution in [0.5, 0.6) is 0 Å². The molecule has 3 atom stereocenters. The van der Waals surface area contributed by atoms with Crippen LogP contribution in [0.3, 0.4) is 0 Å². The molecule has 4 nitrogen and oxygen atoms in total. The number of hydrogen-bond donors (Lipinski definition) is 2. The average molecular weight is 274 g/mol. The fourth-order valence-corrected chi connectivity index (χ4v) is 3.40. The number of carbonyl (C=O) groups is 1. The third-order valence-corrected chi connectivity index (χ3v) is 4.47. The van der Waals surface area contributed by atoms with Crippen molar-refractivity contribution < 1.29 is 9.53 Å². The predicted octanol–water partition coefficient (Wildman–Crippen LogP) is 2.27. The van der Waals surface area contributed by atoms with Gasteiger partial charge in [0.1, 0.15) is 0 Å². The molecule has 20 heavy (non-hydrogen) atoms. The highest BCUT2D eigenvalue weighted by atomic mass is 16.5. The van der Waals surface area contributed by atoms with Gasteiger partial charge in [0.05, 0.1) is 12.1 Å². The maximum Gasteiger partial charge on any atom is 0.220 e. The molecule has 3 unspecified atom stereocenters. The largest absolute Gasteiger partial charge is 0.384 e. The molecular weight excluding hydrogens is 252 g/mol. The van der Waals surface area contributed by atoms with Crippen LogP contribution >= 0.6 is 0 Å². The summed E-state index contributed by atoms with van der Waals surface area (Å²) < 4.78 is 5.42. The van der Waals surface area contributed by atoms with Gasteiger partial charge in [0.25, 0.3) is 0 Å². The fraction of sp³-hybridized carbons (Fsp3) is 0.562. The number of rotatable bonds is 4. The fourth-order valence-electron chi connectivity index (χ4n) is 3.40. The lowest BCUT2D eigenvalue weighted by atomic mass is 9.97. The number of fused-ring (bicyclic) bond motifs is 1. The van der Waals surface area contributed by atoms with Gasteiger partial charge in [-0.25, -0.2) is 0 Å². The molecule has 4 heteroatoms. The van der Waals surface area contributed by atoms with Gasteiger partial charge in [0, 0.05) is 31.7 Å². The van der Waals surface area contributed by atoms with Gasteiger partial charge in [0.15, 0.2) is 0 Å². The zero-order chi connectivity index (χ0) is 13.9. The molecule has 0 radical (unpaired) electrons. The zero-order valence-corrected chi connectivity index (χ0v) is 11.9. The van der Waals surface area contributed by atoms with Gasteiger partial charge < -0.3 is 15.4 Å². The molecule has 1 aliphatic heterocycles. The molecular formula is C16H22N2O2. The number of ether oxygens (including phenoxy) is 1. The molecule has 2 aliphatic rings. The second-order valence-corrected chi connectivity index (χ2v) is 5.75. The Kier molecular flexibility index (Phi) is 3.92. The molecule has 0 saturated heterocycles. The maximum atomic E-state index is 12.2. The van der Waals surface area contributed by atoms with E-state index in [1.54, 1.807) is 7.11 Å². The molecule has 0 aromatic heterocycles. The number of methoxy groups -OCH3 is 1. The predicted molar refractivity (Wildman–Crippen MR) is 78.9 cm³/mol. The van der Waals surface area contributed by atoms with Crippen LogP contribution in [0.2, 0.25) is 0 Å². The first-order valence-corrected chi connectivity index (χ1v) is 7.43. The first-order chi connectivity index (χ1) is 9.78. The number of nitrogens with one attached hydrogen (secondary N) is 2. The highest BCUT2D eigenvalue weighted by Gasteiger charge is 2.30. The van der Waals surface area contributed by atoms with E-state index in [1.807, 2.05) is 12.1 Å². The Morgan fingerprint density at radius 3 is 3.10 bits per heavy atom. The van der Waals surface area contributed by atoms with E-state index in [9.17, 15) is 4.79 Å². The summed E-state index contributed by atoms with van der Waals surface area (Å²) in [6, 6.07) is 8.44. The molecule has 1 saturated carbocycles. The summed E-state index contributed by atoms with van der Waals surface area (Å²) in [5.74, 6) is 0.427. The van der Waals surface area contributed by atoms with Crippen molar-refractivity contribution in [3.8, 4) is 0 Å². The van der Waals surface area contributed by atoms with Crippen LogP contribution in [0.4, 0.5) is 5.69 Å². The van der Waals surface area contributed by atoms with Crippen molar-refractivity contribution >= 4 is 11.6 Å². The summed E-state index contributed by atoms with van der Waals surface area (Å²) in [5.41, 5.74) is 2.43. The summed E-state index contributed by atoms with van der Waals surface area (Å²) in [7, 11) is 1.73. The van der Waals surface area contributed by atoms with Gasteiger partial charge in [-0.2, -0.15) is 0 Å².